The van der Waals surface area contributed by atoms with Crippen LogP contribution in [-0.4, -0.2) is 37.3 Å². The number of aromatic nitrogens is 1. The van der Waals surface area contributed by atoms with Crippen molar-refractivity contribution in [3.63, 3.8) is 0 Å². The van der Waals surface area contributed by atoms with Gasteiger partial charge in [0, 0.05) is 24.8 Å². The fourth-order valence-electron chi connectivity index (χ4n) is 2.81. The first-order valence-corrected chi connectivity index (χ1v) is 9.83. The molecule has 2 heterocycles. The molecule has 0 unspecified atom stereocenters. The summed E-state index contributed by atoms with van der Waals surface area (Å²) in [5.74, 6) is -0.0370. The Hall–Kier alpha value is -2.25. The normalized spacial score (nSPS) is 15.1. The molecule has 2 aromatic rings. The van der Waals surface area contributed by atoms with E-state index in [-0.39, 0.29) is 17.3 Å². The smallest absolute Gasteiger partial charge is 0.253 e. The zero-order valence-electron chi connectivity index (χ0n) is 13.9. The summed E-state index contributed by atoms with van der Waals surface area (Å²) in [6.07, 6.45) is 4.82. The minimum absolute atomic E-state index is 0.0370. The average molecular weight is 359 g/mol. The van der Waals surface area contributed by atoms with Crippen molar-refractivity contribution in [2.45, 2.75) is 30.7 Å². The van der Waals surface area contributed by atoms with Gasteiger partial charge < -0.3 is 4.90 Å². The van der Waals surface area contributed by atoms with Gasteiger partial charge in [0.15, 0.2) is 0 Å². The molecule has 6 nitrogen and oxygen atoms in total. The van der Waals surface area contributed by atoms with E-state index in [9.17, 15) is 13.2 Å². The van der Waals surface area contributed by atoms with Crippen molar-refractivity contribution in [3.05, 3.63) is 59.9 Å². The second-order valence-corrected chi connectivity index (χ2v) is 7.79. The quantitative estimate of drug-likeness (QED) is 0.887. The number of hydrogen-bond acceptors (Lipinski definition) is 4. The van der Waals surface area contributed by atoms with E-state index in [0.717, 1.165) is 32.4 Å². The zero-order valence-corrected chi connectivity index (χ0v) is 14.7. The molecule has 7 heteroatoms. The van der Waals surface area contributed by atoms with Crippen molar-refractivity contribution in [1.82, 2.24) is 14.6 Å². The van der Waals surface area contributed by atoms with Crippen molar-refractivity contribution in [2.75, 3.05) is 13.1 Å². The number of amides is 1. The number of sulfonamides is 1. The second kappa shape index (κ2) is 7.76. The molecular weight excluding hydrogens is 338 g/mol. The van der Waals surface area contributed by atoms with Crippen LogP contribution in [0, 0.1) is 0 Å². The molecule has 0 spiro atoms. The lowest BCUT2D eigenvalue weighted by Gasteiger charge is -2.26. The van der Waals surface area contributed by atoms with Gasteiger partial charge in [-0.05, 0) is 55.7 Å². The highest BCUT2D eigenvalue weighted by atomic mass is 32.2. The molecule has 132 valence electrons. The van der Waals surface area contributed by atoms with Gasteiger partial charge in [0.25, 0.3) is 5.91 Å². The lowest BCUT2D eigenvalue weighted by Crippen LogP contribution is -2.35. The van der Waals surface area contributed by atoms with Gasteiger partial charge in [0.2, 0.25) is 10.0 Å². The lowest BCUT2D eigenvalue weighted by atomic mass is 10.1. The lowest BCUT2D eigenvalue weighted by molar-refractivity contribution is 0.0724. The van der Waals surface area contributed by atoms with E-state index in [4.69, 9.17) is 0 Å². The molecule has 1 saturated heterocycles. The number of carbonyl (C=O) groups is 1. The zero-order chi connectivity index (χ0) is 17.7. The van der Waals surface area contributed by atoms with Gasteiger partial charge in [-0.2, -0.15) is 0 Å². The summed E-state index contributed by atoms with van der Waals surface area (Å²) in [6, 6.07) is 11.4. The largest absolute Gasteiger partial charge is 0.339 e. The van der Waals surface area contributed by atoms with Crippen LogP contribution in [0.4, 0.5) is 0 Å². The van der Waals surface area contributed by atoms with Crippen molar-refractivity contribution < 1.29 is 13.2 Å². The third kappa shape index (κ3) is 4.43. The maximum atomic E-state index is 12.4. The standard InChI is InChI=1S/C18H21N3O3S/c22-18(21-12-4-1-5-13-21)15-7-9-17(10-8-15)25(23,24)20-14-16-6-2-3-11-19-16/h2-3,6-11,20H,1,4-5,12-14H2. The average Bonchev–Trinajstić information content (AvgIpc) is 2.67. The van der Waals surface area contributed by atoms with E-state index in [0.29, 0.717) is 11.3 Å². The number of pyridine rings is 1. The highest BCUT2D eigenvalue weighted by Gasteiger charge is 2.19. The Balaban J connectivity index is 1.67. The summed E-state index contributed by atoms with van der Waals surface area (Å²) in [5.41, 5.74) is 1.16. The van der Waals surface area contributed by atoms with E-state index in [1.165, 1.54) is 12.1 Å². The number of rotatable bonds is 5. The maximum absolute atomic E-state index is 12.4. The van der Waals surface area contributed by atoms with Crippen molar-refractivity contribution in [1.29, 1.82) is 0 Å². The fourth-order valence-corrected chi connectivity index (χ4v) is 3.81. The number of piperidine rings is 1. The van der Waals surface area contributed by atoms with Crippen LogP contribution in [0.2, 0.25) is 0 Å². The Morgan fingerprint density at radius 2 is 1.76 bits per heavy atom. The molecule has 1 aromatic carbocycles. The Bertz CT molecular complexity index is 814. The molecule has 3 rings (SSSR count). The number of likely N-dealkylation sites (tertiary alicyclic amines) is 1. The summed E-state index contributed by atoms with van der Waals surface area (Å²) >= 11 is 0. The van der Waals surface area contributed by atoms with Gasteiger partial charge in [0.05, 0.1) is 17.1 Å². The molecule has 1 aliphatic rings. The van der Waals surface area contributed by atoms with E-state index in [1.807, 2.05) is 4.90 Å². The van der Waals surface area contributed by atoms with Gasteiger partial charge >= 0.3 is 0 Å². The van der Waals surface area contributed by atoms with Crippen LogP contribution in [0.3, 0.4) is 0 Å². The predicted molar refractivity (Wildman–Crippen MR) is 94.5 cm³/mol. The second-order valence-electron chi connectivity index (χ2n) is 6.02. The van der Waals surface area contributed by atoms with Gasteiger partial charge in [0.1, 0.15) is 0 Å². The first-order chi connectivity index (χ1) is 12.1. The molecule has 0 aliphatic carbocycles. The molecule has 1 N–H and O–H groups in total. The molecule has 1 aliphatic heterocycles. The van der Waals surface area contributed by atoms with Gasteiger partial charge in [-0.15, -0.1) is 0 Å². The molecular formula is C18H21N3O3S. The summed E-state index contributed by atoms with van der Waals surface area (Å²) in [6.45, 7) is 1.66. The number of hydrogen-bond donors (Lipinski definition) is 1. The van der Waals surface area contributed by atoms with E-state index in [2.05, 4.69) is 9.71 Å². The SMILES string of the molecule is O=C(c1ccc(S(=O)(=O)NCc2ccccn2)cc1)N1CCCCC1. The van der Waals surface area contributed by atoms with Gasteiger partial charge in [-0.3, -0.25) is 9.78 Å². The predicted octanol–water partition coefficient (Wildman–Crippen LogP) is 2.19. The molecule has 0 radical (unpaired) electrons. The molecule has 1 fully saturated rings. The van der Waals surface area contributed by atoms with E-state index in [1.54, 1.807) is 36.5 Å². The number of carbonyl (C=O) groups excluding carboxylic acids is 1. The van der Waals surface area contributed by atoms with Crippen LogP contribution in [-0.2, 0) is 16.6 Å². The van der Waals surface area contributed by atoms with Crippen LogP contribution in [0.5, 0.6) is 0 Å². The van der Waals surface area contributed by atoms with E-state index < -0.39 is 10.0 Å². The Labute approximate surface area is 147 Å². The van der Waals surface area contributed by atoms with Crippen LogP contribution in [0.15, 0.2) is 53.6 Å². The van der Waals surface area contributed by atoms with Crippen LogP contribution >= 0.6 is 0 Å². The Morgan fingerprint density at radius 3 is 2.40 bits per heavy atom. The number of nitrogens with one attached hydrogen (secondary N) is 1. The minimum atomic E-state index is -3.64. The first-order valence-electron chi connectivity index (χ1n) is 8.35. The van der Waals surface area contributed by atoms with E-state index >= 15 is 0 Å². The summed E-state index contributed by atoms with van der Waals surface area (Å²) in [4.78, 5) is 18.5. The molecule has 25 heavy (non-hydrogen) atoms. The Kier molecular flexibility index (Phi) is 5.45. The van der Waals surface area contributed by atoms with Crippen LogP contribution in [0.25, 0.3) is 0 Å². The van der Waals surface area contributed by atoms with Gasteiger partial charge in [-0.1, -0.05) is 6.07 Å². The third-order valence-corrected chi connectivity index (χ3v) is 5.64. The van der Waals surface area contributed by atoms with Gasteiger partial charge in [-0.25, -0.2) is 13.1 Å². The van der Waals surface area contributed by atoms with Crippen molar-refractivity contribution >= 4 is 15.9 Å². The van der Waals surface area contributed by atoms with Crippen LogP contribution in [0.1, 0.15) is 35.3 Å². The minimum Gasteiger partial charge on any atom is -0.339 e. The van der Waals surface area contributed by atoms with Crippen LogP contribution < -0.4 is 4.72 Å². The molecule has 0 saturated carbocycles. The summed E-state index contributed by atoms with van der Waals surface area (Å²) in [7, 11) is -3.64. The molecule has 1 amide bonds. The molecule has 0 atom stereocenters. The fraction of sp³-hybridized carbons (Fsp3) is 0.333. The first kappa shape index (κ1) is 17.6. The van der Waals surface area contributed by atoms with Crippen molar-refractivity contribution in [3.8, 4) is 0 Å². The monoisotopic (exact) mass is 359 g/mol. The van der Waals surface area contributed by atoms with Crippen molar-refractivity contribution in [2.24, 2.45) is 0 Å². The molecule has 1 aromatic heterocycles. The topological polar surface area (TPSA) is 79.4 Å². The third-order valence-electron chi connectivity index (χ3n) is 4.22. The Morgan fingerprint density at radius 1 is 1.04 bits per heavy atom. The maximum Gasteiger partial charge on any atom is 0.253 e. The summed E-state index contributed by atoms with van der Waals surface area (Å²) in [5, 5.41) is 0. The highest BCUT2D eigenvalue weighted by Crippen LogP contribution is 2.16. The number of benzene rings is 1. The number of nitrogens with zero attached hydrogens (tertiary/aromatic N) is 2. The summed E-state index contributed by atoms with van der Waals surface area (Å²) < 4.78 is 27.2. The molecule has 0 bridgehead atoms. The highest BCUT2D eigenvalue weighted by molar-refractivity contribution is 7.89.